The number of carbonyl (C=O) groups is 3. The van der Waals surface area contributed by atoms with E-state index in [1.54, 1.807) is 30.3 Å². The van der Waals surface area contributed by atoms with E-state index in [9.17, 15) is 24.0 Å². The molecular weight excluding hydrogens is 454 g/mol. The van der Waals surface area contributed by atoms with Crippen LogP contribution in [-0.2, 0) is 17.8 Å². The van der Waals surface area contributed by atoms with Crippen molar-refractivity contribution in [1.29, 1.82) is 0 Å². The van der Waals surface area contributed by atoms with E-state index in [4.69, 9.17) is 10.5 Å². The standard InChI is InChI=1S/C24H23N5O6/c1-27-22(32)16-9-8-15(12-17(16)23(27)33)21(31)29(13-14-6-4-3-5-7-14)18-19(25)28(10-11-35-2)24(34)26-20(18)30/h3-9,12H,10-11,13,25H2,1-2H3,(H,26,30,34). The first-order chi connectivity index (χ1) is 16.7. The van der Waals surface area contributed by atoms with E-state index in [-0.39, 0.29) is 47.9 Å². The Balaban J connectivity index is 1.85. The number of anilines is 2. The Hall–Kier alpha value is -4.51. The van der Waals surface area contributed by atoms with Crippen LogP contribution in [0.25, 0.3) is 0 Å². The molecule has 0 fully saturated rings. The molecule has 3 amide bonds. The second-order valence-corrected chi connectivity index (χ2v) is 7.94. The van der Waals surface area contributed by atoms with Crippen LogP contribution < -0.4 is 21.9 Å². The average molecular weight is 477 g/mol. The molecule has 1 aliphatic rings. The Morgan fingerprint density at radius 1 is 1.03 bits per heavy atom. The molecule has 0 atom stereocenters. The molecule has 0 unspecified atom stereocenters. The number of hydrogen-bond donors (Lipinski definition) is 2. The van der Waals surface area contributed by atoms with Gasteiger partial charge < -0.3 is 10.5 Å². The Kier molecular flexibility index (Phi) is 6.34. The van der Waals surface area contributed by atoms with Crippen molar-refractivity contribution in [3.8, 4) is 0 Å². The summed E-state index contributed by atoms with van der Waals surface area (Å²) in [5, 5.41) is 0. The minimum Gasteiger partial charge on any atom is -0.383 e. The Bertz CT molecular complexity index is 1440. The van der Waals surface area contributed by atoms with Crippen LogP contribution >= 0.6 is 0 Å². The van der Waals surface area contributed by atoms with Crippen LogP contribution in [-0.4, -0.2) is 52.9 Å². The molecule has 11 heteroatoms. The number of nitrogen functional groups attached to an aromatic ring is 1. The minimum atomic E-state index is -0.836. The zero-order valence-corrected chi connectivity index (χ0v) is 19.1. The largest absolute Gasteiger partial charge is 0.383 e. The van der Waals surface area contributed by atoms with Crippen molar-refractivity contribution in [3.63, 3.8) is 0 Å². The SMILES string of the molecule is COCCn1c(N)c(N(Cc2ccccc2)C(=O)c2ccc3c(c2)C(=O)N(C)C3=O)c(=O)[nH]c1=O. The molecule has 3 N–H and O–H groups in total. The van der Waals surface area contributed by atoms with E-state index < -0.39 is 29.0 Å². The fourth-order valence-corrected chi connectivity index (χ4v) is 3.91. The van der Waals surface area contributed by atoms with Crippen LogP contribution in [0.15, 0.2) is 58.1 Å². The molecule has 0 saturated carbocycles. The summed E-state index contributed by atoms with van der Waals surface area (Å²) in [6, 6.07) is 13.0. The first-order valence-corrected chi connectivity index (χ1v) is 10.7. The highest BCUT2D eigenvalue weighted by Crippen LogP contribution is 2.26. The van der Waals surface area contributed by atoms with Crippen molar-refractivity contribution in [1.82, 2.24) is 14.5 Å². The fraction of sp³-hybridized carbons (Fsp3) is 0.208. The number of aromatic amines is 1. The van der Waals surface area contributed by atoms with Crippen molar-refractivity contribution >= 4 is 29.2 Å². The summed E-state index contributed by atoms with van der Waals surface area (Å²) >= 11 is 0. The summed E-state index contributed by atoms with van der Waals surface area (Å²) in [5.41, 5.74) is 5.50. The number of nitrogens with two attached hydrogens (primary N) is 1. The molecule has 1 aliphatic heterocycles. The molecule has 11 nitrogen and oxygen atoms in total. The normalized spacial score (nSPS) is 12.7. The number of ether oxygens (including phenoxy) is 1. The summed E-state index contributed by atoms with van der Waals surface area (Å²) in [6.07, 6.45) is 0. The van der Waals surface area contributed by atoms with E-state index in [1.165, 1.54) is 32.4 Å². The molecule has 0 radical (unpaired) electrons. The maximum absolute atomic E-state index is 13.7. The topological polar surface area (TPSA) is 148 Å². The number of hydrogen-bond acceptors (Lipinski definition) is 7. The van der Waals surface area contributed by atoms with Gasteiger partial charge in [-0.05, 0) is 23.8 Å². The zero-order valence-electron chi connectivity index (χ0n) is 19.1. The van der Waals surface area contributed by atoms with Crippen LogP contribution in [0.1, 0.15) is 36.6 Å². The lowest BCUT2D eigenvalue weighted by Crippen LogP contribution is -2.41. The number of nitrogens with zero attached hydrogens (tertiary/aromatic N) is 3. The first kappa shape index (κ1) is 23.6. The lowest BCUT2D eigenvalue weighted by Gasteiger charge is -2.25. The summed E-state index contributed by atoms with van der Waals surface area (Å²) < 4.78 is 6.13. The van der Waals surface area contributed by atoms with E-state index in [0.29, 0.717) is 5.56 Å². The number of H-pyrrole nitrogens is 1. The molecule has 0 spiro atoms. The number of nitrogens with one attached hydrogen (secondary N) is 1. The zero-order chi connectivity index (χ0) is 25.3. The van der Waals surface area contributed by atoms with Crippen molar-refractivity contribution in [2.75, 3.05) is 31.4 Å². The molecule has 4 rings (SSSR count). The number of rotatable bonds is 7. The van der Waals surface area contributed by atoms with Gasteiger partial charge in [-0.3, -0.25) is 38.5 Å². The number of amides is 3. The number of imide groups is 1. The van der Waals surface area contributed by atoms with Crippen LogP contribution in [0.3, 0.4) is 0 Å². The molecule has 3 aromatic rings. The highest BCUT2D eigenvalue weighted by molar-refractivity contribution is 6.22. The van der Waals surface area contributed by atoms with Gasteiger partial charge in [0.1, 0.15) is 5.82 Å². The van der Waals surface area contributed by atoms with Gasteiger partial charge in [0, 0.05) is 19.7 Å². The number of benzene rings is 2. The Morgan fingerprint density at radius 3 is 2.40 bits per heavy atom. The molecule has 180 valence electrons. The quantitative estimate of drug-likeness (QED) is 0.479. The predicted octanol–water partition coefficient (Wildman–Crippen LogP) is 0.838. The van der Waals surface area contributed by atoms with Gasteiger partial charge in [-0.1, -0.05) is 30.3 Å². The van der Waals surface area contributed by atoms with Crippen molar-refractivity contribution in [3.05, 3.63) is 91.6 Å². The minimum absolute atomic E-state index is 0.0424. The van der Waals surface area contributed by atoms with E-state index in [2.05, 4.69) is 4.98 Å². The monoisotopic (exact) mass is 477 g/mol. The molecule has 2 aromatic carbocycles. The van der Waals surface area contributed by atoms with Crippen LogP contribution in [0.4, 0.5) is 11.5 Å². The van der Waals surface area contributed by atoms with Gasteiger partial charge >= 0.3 is 5.69 Å². The van der Waals surface area contributed by atoms with Crippen molar-refractivity contribution < 1.29 is 19.1 Å². The summed E-state index contributed by atoms with van der Waals surface area (Å²) in [7, 11) is 2.81. The van der Waals surface area contributed by atoms with Crippen LogP contribution in [0.5, 0.6) is 0 Å². The first-order valence-electron chi connectivity index (χ1n) is 10.7. The third-order valence-electron chi connectivity index (χ3n) is 5.77. The van der Waals surface area contributed by atoms with Crippen molar-refractivity contribution in [2.24, 2.45) is 0 Å². The maximum atomic E-state index is 13.7. The van der Waals surface area contributed by atoms with Gasteiger partial charge in [-0.2, -0.15) is 0 Å². The maximum Gasteiger partial charge on any atom is 0.330 e. The third-order valence-corrected chi connectivity index (χ3v) is 5.77. The molecule has 0 aliphatic carbocycles. The van der Waals surface area contributed by atoms with E-state index >= 15 is 0 Å². The molecule has 2 heterocycles. The average Bonchev–Trinajstić information content (AvgIpc) is 3.06. The molecule has 1 aromatic heterocycles. The van der Waals surface area contributed by atoms with Gasteiger partial charge in [-0.25, -0.2) is 4.79 Å². The molecule has 0 bridgehead atoms. The highest BCUT2D eigenvalue weighted by atomic mass is 16.5. The van der Waals surface area contributed by atoms with E-state index in [1.807, 2.05) is 0 Å². The fourth-order valence-electron chi connectivity index (χ4n) is 3.91. The predicted molar refractivity (Wildman–Crippen MR) is 127 cm³/mol. The van der Waals surface area contributed by atoms with E-state index in [0.717, 1.165) is 14.4 Å². The van der Waals surface area contributed by atoms with Crippen molar-refractivity contribution in [2.45, 2.75) is 13.1 Å². The Labute approximate surface area is 199 Å². The van der Waals surface area contributed by atoms with Gasteiger partial charge in [0.15, 0.2) is 5.69 Å². The summed E-state index contributed by atoms with van der Waals surface area (Å²) in [6.45, 7) is 0.163. The Morgan fingerprint density at radius 2 is 1.71 bits per heavy atom. The summed E-state index contributed by atoms with van der Waals surface area (Å²) in [5.74, 6) is -1.83. The lowest BCUT2D eigenvalue weighted by atomic mass is 10.0. The van der Waals surface area contributed by atoms with Crippen LogP contribution in [0.2, 0.25) is 0 Å². The molecule has 0 saturated heterocycles. The summed E-state index contributed by atoms with van der Waals surface area (Å²) in [4.78, 5) is 68.0. The van der Waals surface area contributed by atoms with Crippen LogP contribution in [0, 0.1) is 0 Å². The lowest BCUT2D eigenvalue weighted by molar-refractivity contribution is 0.0693. The van der Waals surface area contributed by atoms with Gasteiger partial charge in [0.05, 0.1) is 30.8 Å². The van der Waals surface area contributed by atoms with Gasteiger partial charge in [0.25, 0.3) is 23.3 Å². The number of carbonyl (C=O) groups excluding carboxylic acids is 3. The number of aromatic nitrogens is 2. The molecule has 35 heavy (non-hydrogen) atoms. The molecular formula is C24H23N5O6. The second-order valence-electron chi connectivity index (χ2n) is 7.94. The van der Waals surface area contributed by atoms with Gasteiger partial charge in [-0.15, -0.1) is 0 Å². The number of fused-ring (bicyclic) bond motifs is 1. The number of methoxy groups -OCH3 is 1. The smallest absolute Gasteiger partial charge is 0.330 e. The second kappa shape index (κ2) is 9.39. The third kappa shape index (κ3) is 4.24. The highest BCUT2D eigenvalue weighted by Gasteiger charge is 2.34. The van der Waals surface area contributed by atoms with Gasteiger partial charge in [0.2, 0.25) is 0 Å².